The minimum atomic E-state index is -0.179. The van der Waals surface area contributed by atoms with Gasteiger partial charge in [-0.1, -0.05) is 18.2 Å². The van der Waals surface area contributed by atoms with Crippen LogP contribution in [-0.2, 0) is 18.0 Å². The Labute approximate surface area is 99.5 Å². The summed E-state index contributed by atoms with van der Waals surface area (Å²) in [6, 6.07) is 6.06. The van der Waals surface area contributed by atoms with E-state index in [-0.39, 0.29) is 6.04 Å². The molecule has 1 aliphatic heterocycles. The van der Waals surface area contributed by atoms with Crippen molar-refractivity contribution in [3.05, 3.63) is 59.2 Å². The second kappa shape index (κ2) is 4.24. The van der Waals surface area contributed by atoms with Crippen LogP contribution in [0.4, 0.5) is 0 Å². The van der Waals surface area contributed by atoms with Crippen LogP contribution in [0.2, 0.25) is 0 Å². The number of nitrogens with two attached hydrogens (primary N) is 1. The van der Waals surface area contributed by atoms with Crippen LogP contribution in [0.1, 0.15) is 28.3 Å². The molecule has 86 valence electrons. The molecule has 1 atom stereocenters. The molecule has 2 N–H and O–H groups in total. The van der Waals surface area contributed by atoms with Crippen LogP contribution in [0, 0.1) is 0 Å². The van der Waals surface area contributed by atoms with Gasteiger partial charge in [0.15, 0.2) is 0 Å². The van der Waals surface area contributed by atoms with E-state index in [0.717, 1.165) is 11.1 Å². The van der Waals surface area contributed by atoms with E-state index in [0.29, 0.717) is 13.2 Å². The van der Waals surface area contributed by atoms with E-state index in [1.807, 2.05) is 6.07 Å². The van der Waals surface area contributed by atoms with Gasteiger partial charge in [-0.15, -0.1) is 0 Å². The number of fused-ring (bicyclic) bond motifs is 1. The fraction of sp³-hybridized carbons (Fsp3) is 0.231. The molecule has 0 saturated carbocycles. The Bertz CT molecular complexity index is 527. The maximum Gasteiger partial charge on any atom is 0.115 e. The van der Waals surface area contributed by atoms with Gasteiger partial charge in [-0.3, -0.25) is 0 Å². The Morgan fingerprint density at radius 1 is 1.06 bits per heavy atom. The second-order valence-corrected chi connectivity index (χ2v) is 4.17. The topological polar surface area (TPSA) is 61.0 Å². The zero-order chi connectivity index (χ0) is 11.7. The fourth-order valence-corrected chi connectivity index (χ4v) is 2.05. The number of ether oxygens (including phenoxy) is 1. The lowest BCUT2D eigenvalue weighted by atomic mass is 9.98. The van der Waals surface area contributed by atoms with E-state index in [2.05, 4.69) is 22.1 Å². The number of aromatic nitrogens is 2. The van der Waals surface area contributed by atoms with Gasteiger partial charge in [-0.05, 0) is 16.7 Å². The molecule has 3 rings (SSSR count). The third kappa shape index (κ3) is 1.92. The third-order valence-electron chi connectivity index (χ3n) is 3.04. The van der Waals surface area contributed by atoms with Crippen molar-refractivity contribution in [3.8, 4) is 0 Å². The summed E-state index contributed by atoms with van der Waals surface area (Å²) in [6.07, 6.45) is 5.01. The molecule has 0 spiro atoms. The van der Waals surface area contributed by atoms with E-state index in [4.69, 9.17) is 10.5 Å². The van der Waals surface area contributed by atoms with Crippen molar-refractivity contribution in [2.75, 3.05) is 0 Å². The molecule has 1 aromatic heterocycles. The van der Waals surface area contributed by atoms with E-state index in [1.54, 1.807) is 12.4 Å². The van der Waals surface area contributed by atoms with Crippen LogP contribution in [0.3, 0.4) is 0 Å². The number of nitrogens with zero attached hydrogens (tertiary/aromatic N) is 2. The van der Waals surface area contributed by atoms with Crippen molar-refractivity contribution in [1.82, 2.24) is 9.97 Å². The minimum absolute atomic E-state index is 0.179. The molecule has 2 aromatic rings. The van der Waals surface area contributed by atoms with Crippen LogP contribution in [-0.4, -0.2) is 9.97 Å². The van der Waals surface area contributed by atoms with E-state index < -0.39 is 0 Å². The highest BCUT2D eigenvalue weighted by Crippen LogP contribution is 2.25. The van der Waals surface area contributed by atoms with Crippen LogP contribution < -0.4 is 5.73 Å². The van der Waals surface area contributed by atoms with Crippen molar-refractivity contribution in [2.24, 2.45) is 5.73 Å². The number of hydrogen-bond donors (Lipinski definition) is 1. The lowest BCUT2D eigenvalue weighted by Crippen LogP contribution is -2.12. The molecule has 17 heavy (non-hydrogen) atoms. The third-order valence-corrected chi connectivity index (χ3v) is 3.04. The molecule has 0 aliphatic carbocycles. The monoisotopic (exact) mass is 227 g/mol. The highest BCUT2D eigenvalue weighted by Gasteiger charge is 2.15. The smallest absolute Gasteiger partial charge is 0.115 e. The molecule has 0 radical (unpaired) electrons. The first-order chi connectivity index (χ1) is 8.34. The van der Waals surface area contributed by atoms with Crippen molar-refractivity contribution < 1.29 is 4.74 Å². The van der Waals surface area contributed by atoms with Gasteiger partial charge in [0.25, 0.3) is 0 Å². The zero-order valence-corrected chi connectivity index (χ0v) is 9.34. The van der Waals surface area contributed by atoms with Gasteiger partial charge < -0.3 is 10.5 Å². The molecular weight excluding hydrogens is 214 g/mol. The highest BCUT2D eigenvalue weighted by atomic mass is 16.5. The average molecular weight is 227 g/mol. The standard InChI is InChI=1S/C13H13N3O/c14-13(12-4-15-8-16-5-12)9-1-2-10-6-17-7-11(10)3-9/h1-5,8,13H,6-7,14H2. The largest absolute Gasteiger partial charge is 0.372 e. The van der Waals surface area contributed by atoms with Gasteiger partial charge in [0, 0.05) is 18.0 Å². The molecule has 0 bridgehead atoms. The Morgan fingerprint density at radius 3 is 2.65 bits per heavy atom. The first kappa shape index (κ1) is 10.4. The van der Waals surface area contributed by atoms with Crippen molar-refractivity contribution in [2.45, 2.75) is 19.3 Å². The lowest BCUT2D eigenvalue weighted by Gasteiger charge is -2.12. The molecule has 1 unspecified atom stereocenters. The molecular formula is C13H13N3O. The number of rotatable bonds is 2. The van der Waals surface area contributed by atoms with Crippen LogP contribution in [0.5, 0.6) is 0 Å². The normalized spacial score (nSPS) is 15.6. The molecule has 0 fully saturated rings. The second-order valence-electron chi connectivity index (χ2n) is 4.17. The summed E-state index contributed by atoms with van der Waals surface area (Å²) in [5, 5.41) is 0. The molecule has 2 heterocycles. The molecule has 1 aromatic carbocycles. The van der Waals surface area contributed by atoms with Crippen molar-refractivity contribution in [3.63, 3.8) is 0 Å². The van der Waals surface area contributed by atoms with Crippen LogP contribution >= 0.6 is 0 Å². The maximum atomic E-state index is 6.19. The van der Waals surface area contributed by atoms with Gasteiger partial charge in [0.2, 0.25) is 0 Å². The maximum absolute atomic E-state index is 6.19. The zero-order valence-electron chi connectivity index (χ0n) is 9.34. The Morgan fingerprint density at radius 2 is 1.82 bits per heavy atom. The predicted molar refractivity (Wildman–Crippen MR) is 63.0 cm³/mol. The van der Waals surface area contributed by atoms with Crippen LogP contribution in [0.25, 0.3) is 0 Å². The molecule has 0 saturated heterocycles. The minimum Gasteiger partial charge on any atom is -0.372 e. The van der Waals surface area contributed by atoms with Crippen molar-refractivity contribution in [1.29, 1.82) is 0 Å². The number of hydrogen-bond acceptors (Lipinski definition) is 4. The molecule has 4 heteroatoms. The Hall–Kier alpha value is -1.78. The first-order valence-electron chi connectivity index (χ1n) is 5.54. The summed E-state index contributed by atoms with van der Waals surface area (Å²) in [5.74, 6) is 0. The van der Waals surface area contributed by atoms with Gasteiger partial charge >= 0.3 is 0 Å². The summed E-state index contributed by atoms with van der Waals surface area (Å²) in [5.41, 5.74) is 10.7. The van der Waals surface area contributed by atoms with Gasteiger partial charge in [-0.2, -0.15) is 0 Å². The predicted octanol–water partition coefficient (Wildman–Crippen LogP) is 1.55. The average Bonchev–Trinajstić information content (AvgIpc) is 2.86. The summed E-state index contributed by atoms with van der Waals surface area (Å²) >= 11 is 0. The SMILES string of the molecule is NC(c1cncnc1)c1ccc2c(c1)COC2. The first-order valence-corrected chi connectivity index (χ1v) is 5.54. The Balaban J connectivity index is 1.94. The van der Waals surface area contributed by atoms with E-state index >= 15 is 0 Å². The molecule has 1 aliphatic rings. The molecule has 4 nitrogen and oxygen atoms in total. The summed E-state index contributed by atoms with van der Waals surface area (Å²) < 4.78 is 5.39. The Kier molecular flexibility index (Phi) is 2.59. The fourth-order valence-electron chi connectivity index (χ4n) is 2.05. The quantitative estimate of drug-likeness (QED) is 0.845. The van der Waals surface area contributed by atoms with E-state index in [1.165, 1.54) is 17.5 Å². The molecule has 0 amide bonds. The summed E-state index contributed by atoms with van der Waals surface area (Å²) in [4.78, 5) is 7.98. The highest BCUT2D eigenvalue weighted by molar-refractivity contribution is 5.37. The van der Waals surface area contributed by atoms with Gasteiger partial charge in [0.1, 0.15) is 6.33 Å². The van der Waals surface area contributed by atoms with Gasteiger partial charge in [-0.25, -0.2) is 9.97 Å². The lowest BCUT2D eigenvalue weighted by molar-refractivity contribution is 0.134. The van der Waals surface area contributed by atoms with Crippen molar-refractivity contribution >= 4 is 0 Å². The van der Waals surface area contributed by atoms with Gasteiger partial charge in [0.05, 0.1) is 19.3 Å². The van der Waals surface area contributed by atoms with E-state index in [9.17, 15) is 0 Å². The summed E-state index contributed by atoms with van der Waals surface area (Å²) in [6.45, 7) is 1.39. The summed E-state index contributed by atoms with van der Waals surface area (Å²) in [7, 11) is 0. The van der Waals surface area contributed by atoms with Crippen LogP contribution in [0.15, 0.2) is 36.9 Å². The number of benzene rings is 1.